The van der Waals surface area contributed by atoms with Crippen LogP contribution in [0.5, 0.6) is 23.0 Å². The Bertz CT molecular complexity index is 5910. The van der Waals surface area contributed by atoms with Crippen LogP contribution < -0.4 is 77.3 Å². The Balaban J connectivity index is 0.954. The number of nitrogens with zero attached hydrogens (tertiary/aromatic N) is 3. The molecule has 12 aromatic rings. The van der Waals surface area contributed by atoms with Crippen LogP contribution in [0.1, 0.15) is 233 Å². The van der Waals surface area contributed by atoms with Gasteiger partial charge in [0.15, 0.2) is 0 Å². The van der Waals surface area contributed by atoms with Gasteiger partial charge < -0.3 is 29.5 Å². The smallest absolute Gasteiger partial charge is 0.268 e. The van der Waals surface area contributed by atoms with Gasteiger partial charge in [-0.1, -0.05) is 212 Å². The molecule has 0 amide bonds. The Morgan fingerprint density at radius 1 is 0.333 bits per heavy atom. The third-order valence-corrected chi connectivity index (χ3v) is 30.5. The average molecular weight is 1500 g/mol. The highest BCUT2D eigenvalue weighted by Crippen LogP contribution is 2.54. The lowest BCUT2D eigenvalue weighted by molar-refractivity contribution is 0.475. The van der Waals surface area contributed by atoms with Crippen molar-refractivity contribution in [3.8, 4) is 23.0 Å². The third-order valence-electron chi connectivity index (χ3n) is 28.0. The van der Waals surface area contributed by atoms with Gasteiger partial charge in [0.1, 0.15) is 23.0 Å². The van der Waals surface area contributed by atoms with Gasteiger partial charge in [-0.15, -0.1) is 22.7 Å². The van der Waals surface area contributed by atoms with E-state index in [4.69, 9.17) is 9.47 Å². The van der Waals surface area contributed by atoms with Crippen molar-refractivity contribution in [2.75, 3.05) is 20.0 Å². The van der Waals surface area contributed by atoms with E-state index in [9.17, 15) is 0 Å². The molecule has 18 rings (SSSR count). The second-order valence-electron chi connectivity index (χ2n) is 38.9. The second kappa shape index (κ2) is 25.1. The molecule has 562 valence electrons. The first-order chi connectivity index (χ1) is 52.5. The van der Waals surface area contributed by atoms with Gasteiger partial charge >= 0.3 is 0 Å². The molecule has 2 aromatic heterocycles. The molecule has 0 bridgehead atoms. The molecule has 10 aromatic carbocycles. The zero-order chi connectivity index (χ0) is 78.4. The standard InChI is InChI=1S/C100H109B3N4O2S2/c1-25-96(15,16)61-34-40-84-68(44-61)90-92(110-84)102-71-52-70-74(54-76(71)105(66-36-30-59(31-37-66)94(9,10)11)78-47-64(99(21,22)28-4)48-79(87(78)102)106(90)67-38-32-60(33-39-67)95(12,13)14)104-75-46-63(98(19,20)27-3)50-82-86(75)101(70)73-53-72-77(55-81(73)108-82)107(89-57(7)42-56(6)43-58(89)8)80-49-65(100(23,24)29-5)51-83-88(80)103(72)93-91(109-83)69-45-62(97(17,18)26-2)35-41-85(69)111-93/h30-55,104H,25-29H2,1-24H3. The van der Waals surface area contributed by atoms with Gasteiger partial charge in [0, 0.05) is 87.0 Å². The minimum Gasteiger partial charge on any atom is -0.458 e. The quantitative estimate of drug-likeness (QED) is 0.116. The fourth-order valence-electron chi connectivity index (χ4n) is 18.9. The Hall–Kier alpha value is -8.89. The van der Waals surface area contributed by atoms with E-state index >= 15 is 0 Å². The number of benzene rings is 10. The summed E-state index contributed by atoms with van der Waals surface area (Å²) in [6, 6.07) is 64.1. The van der Waals surface area contributed by atoms with Crippen molar-refractivity contribution in [1.82, 2.24) is 0 Å². The molecular formula is C100H109B3N4O2S2. The van der Waals surface area contributed by atoms with E-state index in [0.29, 0.717) is 0 Å². The Morgan fingerprint density at radius 2 is 0.775 bits per heavy atom. The van der Waals surface area contributed by atoms with Crippen molar-refractivity contribution in [3.63, 3.8) is 0 Å². The lowest BCUT2D eigenvalue weighted by Gasteiger charge is -2.45. The van der Waals surface area contributed by atoms with Gasteiger partial charge in [0.2, 0.25) is 0 Å². The molecule has 6 aliphatic rings. The highest BCUT2D eigenvalue weighted by atomic mass is 32.1. The summed E-state index contributed by atoms with van der Waals surface area (Å²) in [4.78, 5) is 8.01. The van der Waals surface area contributed by atoms with Crippen LogP contribution in [0.2, 0.25) is 0 Å². The Morgan fingerprint density at radius 3 is 1.32 bits per heavy atom. The molecule has 0 fully saturated rings. The fourth-order valence-corrected chi connectivity index (χ4v) is 21.4. The van der Waals surface area contributed by atoms with Gasteiger partial charge in [-0.3, -0.25) is 0 Å². The van der Waals surface area contributed by atoms with Crippen LogP contribution in [0.3, 0.4) is 0 Å². The molecule has 0 saturated carbocycles. The molecule has 0 radical (unpaired) electrons. The average Bonchev–Trinajstić information content (AvgIpc) is 1.68. The molecule has 11 heteroatoms. The van der Waals surface area contributed by atoms with Gasteiger partial charge in [0.25, 0.3) is 20.1 Å². The first kappa shape index (κ1) is 73.6. The summed E-state index contributed by atoms with van der Waals surface area (Å²) < 4.78 is 20.8. The molecule has 0 aliphatic carbocycles. The molecule has 6 nitrogen and oxygen atoms in total. The minimum absolute atomic E-state index is 0.0162. The van der Waals surface area contributed by atoms with Crippen molar-refractivity contribution in [2.45, 2.75) is 236 Å². The zero-order valence-corrected chi connectivity index (χ0v) is 71.9. The topological polar surface area (TPSA) is 40.2 Å². The highest BCUT2D eigenvalue weighted by molar-refractivity contribution is 7.34. The summed E-state index contributed by atoms with van der Waals surface area (Å²) in [5.74, 6) is 3.76. The Kier molecular flexibility index (Phi) is 16.6. The molecule has 0 spiro atoms. The van der Waals surface area contributed by atoms with Crippen molar-refractivity contribution in [2.24, 2.45) is 0 Å². The van der Waals surface area contributed by atoms with E-state index < -0.39 is 0 Å². The fraction of sp³-hybridized carbons (Fsp3) is 0.360. The van der Waals surface area contributed by atoms with Gasteiger partial charge in [-0.05, 0) is 270 Å². The first-order valence-corrected chi connectivity index (χ1v) is 43.0. The van der Waals surface area contributed by atoms with E-state index in [-0.39, 0.29) is 58.0 Å². The van der Waals surface area contributed by atoms with Crippen molar-refractivity contribution in [1.29, 1.82) is 0 Å². The second-order valence-corrected chi connectivity index (χ2v) is 41.1. The van der Waals surface area contributed by atoms with Gasteiger partial charge in [-0.2, -0.15) is 0 Å². The van der Waals surface area contributed by atoms with Crippen LogP contribution in [0.25, 0.3) is 20.2 Å². The normalized spacial score (nSPS) is 14.8. The van der Waals surface area contributed by atoms with E-state index in [1.807, 2.05) is 22.7 Å². The van der Waals surface area contributed by atoms with Crippen molar-refractivity contribution >= 4 is 173 Å². The summed E-state index contributed by atoms with van der Waals surface area (Å²) in [5, 5.41) is 6.84. The Labute approximate surface area is 670 Å². The molecule has 0 saturated heterocycles. The van der Waals surface area contributed by atoms with Gasteiger partial charge in [-0.25, -0.2) is 0 Å². The van der Waals surface area contributed by atoms with Crippen LogP contribution in [0.15, 0.2) is 158 Å². The maximum absolute atomic E-state index is 7.90. The predicted octanol–water partition coefficient (Wildman–Crippen LogP) is 23.2. The zero-order valence-electron chi connectivity index (χ0n) is 70.3. The monoisotopic (exact) mass is 1490 g/mol. The summed E-state index contributed by atoms with van der Waals surface area (Å²) in [7, 11) is 0. The predicted molar refractivity (Wildman–Crippen MR) is 486 cm³/mol. The van der Waals surface area contributed by atoms with Crippen molar-refractivity contribution < 1.29 is 9.47 Å². The summed E-state index contributed by atoms with van der Waals surface area (Å²) in [5.41, 5.74) is 34.2. The van der Waals surface area contributed by atoms with E-state index in [1.54, 1.807) is 0 Å². The molecule has 111 heavy (non-hydrogen) atoms. The number of aryl methyl sites for hydroxylation is 3. The number of hydrogen-bond acceptors (Lipinski definition) is 8. The van der Waals surface area contributed by atoms with Crippen LogP contribution in [-0.2, 0) is 37.9 Å². The molecule has 6 aliphatic heterocycles. The van der Waals surface area contributed by atoms with Crippen LogP contribution in [-0.4, -0.2) is 20.1 Å². The number of ether oxygens (including phenoxy) is 2. The summed E-state index contributed by atoms with van der Waals surface area (Å²) in [6.07, 6.45) is 4.98. The van der Waals surface area contributed by atoms with Crippen molar-refractivity contribution in [3.05, 3.63) is 213 Å². The maximum atomic E-state index is 7.90. The molecule has 0 atom stereocenters. The number of fused-ring (bicyclic) bond motifs is 16. The third kappa shape index (κ3) is 11.2. The molecule has 8 heterocycles. The molecule has 0 unspecified atom stereocenters. The van der Waals surface area contributed by atoms with E-state index in [0.717, 1.165) is 77.9 Å². The maximum Gasteiger partial charge on any atom is 0.268 e. The minimum atomic E-state index is -0.231. The van der Waals surface area contributed by atoms with Gasteiger partial charge in [0.05, 0.1) is 11.4 Å². The number of thiophene rings is 2. The van der Waals surface area contributed by atoms with Crippen LogP contribution in [0.4, 0.5) is 62.6 Å². The number of hydrogen-bond donors (Lipinski definition) is 1. The lowest BCUT2D eigenvalue weighted by Crippen LogP contribution is -2.65. The molecule has 1 N–H and O–H groups in total. The highest BCUT2D eigenvalue weighted by Gasteiger charge is 2.52. The van der Waals surface area contributed by atoms with E-state index in [2.05, 4.69) is 344 Å². The lowest BCUT2D eigenvalue weighted by atomic mass is 9.30. The van der Waals surface area contributed by atoms with Crippen LogP contribution >= 0.6 is 22.7 Å². The molecular weight excluding hydrogens is 1390 g/mol. The SMILES string of the molecule is CCC(C)(C)c1cc2c3c(c1)Oc1cc4c(cc1B3c1cc3c(cc1N2)N(c1ccc(C(C)(C)C)cc1)c1cc(C(C)(C)CC)cc2c1B3c1sc3ccc(C(C)(C)CC)cc3c1N2c1ccc(C(C)(C)C)cc1)B1c2sc3ccc(C(C)(C)CC)cc3c2Oc2cc(C(C)(C)CC)cc(c21)N4c1c(C)cc(C)cc1C. The number of nitrogens with one attached hydrogen (secondary N) is 1. The number of rotatable bonds is 13. The largest absolute Gasteiger partial charge is 0.458 e. The summed E-state index contributed by atoms with van der Waals surface area (Å²) >= 11 is 3.92. The number of anilines is 11. The first-order valence-electron chi connectivity index (χ1n) is 41.3. The van der Waals surface area contributed by atoms with E-state index in [1.165, 1.54) is 163 Å². The summed E-state index contributed by atoms with van der Waals surface area (Å²) in [6.45, 7) is 56.1. The van der Waals surface area contributed by atoms with Crippen LogP contribution in [0, 0.1) is 20.8 Å².